The number of hydrogen-bond donors (Lipinski definition) is 2. The molecule has 0 fully saturated rings. The summed E-state index contributed by atoms with van der Waals surface area (Å²) < 4.78 is 5.35. The van der Waals surface area contributed by atoms with Crippen molar-refractivity contribution in [1.82, 2.24) is 5.32 Å². The normalized spacial score (nSPS) is 13.9. The van der Waals surface area contributed by atoms with E-state index in [0.717, 1.165) is 6.42 Å². The standard InChI is InChI=1S/C12H25NO3/c1-9(2)6-10(7-14)13-11(15)8-16-12(3,4)5/h9-10,14H,6-8H2,1-5H3,(H,13,15). The summed E-state index contributed by atoms with van der Waals surface area (Å²) in [6.45, 7) is 9.83. The molecule has 0 saturated carbocycles. The van der Waals surface area contributed by atoms with Crippen molar-refractivity contribution in [2.75, 3.05) is 13.2 Å². The van der Waals surface area contributed by atoms with Gasteiger partial charge < -0.3 is 15.2 Å². The lowest BCUT2D eigenvalue weighted by molar-refractivity contribution is -0.131. The molecule has 0 spiro atoms. The summed E-state index contributed by atoms with van der Waals surface area (Å²) in [6, 6.07) is -0.170. The zero-order chi connectivity index (χ0) is 12.8. The molecule has 0 aromatic rings. The van der Waals surface area contributed by atoms with E-state index in [2.05, 4.69) is 19.2 Å². The molecule has 16 heavy (non-hydrogen) atoms. The van der Waals surface area contributed by atoms with Crippen LogP contribution < -0.4 is 5.32 Å². The summed E-state index contributed by atoms with van der Waals surface area (Å²) >= 11 is 0. The number of aliphatic hydroxyl groups is 1. The van der Waals surface area contributed by atoms with Gasteiger partial charge >= 0.3 is 0 Å². The van der Waals surface area contributed by atoms with Crippen LogP contribution in [-0.2, 0) is 9.53 Å². The predicted molar refractivity (Wildman–Crippen MR) is 64.2 cm³/mol. The molecule has 1 atom stereocenters. The maximum atomic E-state index is 11.5. The van der Waals surface area contributed by atoms with Crippen LogP contribution in [-0.4, -0.2) is 35.9 Å². The van der Waals surface area contributed by atoms with E-state index in [9.17, 15) is 4.79 Å². The molecule has 96 valence electrons. The number of aliphatic hydroxyl groups excluding tert-OH is 1. The van der Waals surface area contributed by atoms with Crippen molar-refractivity contribution in [2.24, 2.45) is 5.92 Å². The lowest BCUT2D eigenvalue weighted by atomic mass is 10.0. The van der Waals surface area contributed by atoms with E-state index in [1.807, 2.05) is 20.8 Å². The number of hydrogen-bond acceptors (Lipinski definition) is 3. The van der Waals surface area contributed by atoms with E-state index in [1.54, 1.807) is 0 Å². The van der Waals surface area contributed by atoms with Gasteiger partial charge in [-0.1, -0.05) is 13.8 Å². The SMILES string of the molecule is CC(C)CC(CO)NC(=O)COC(C)(C)C. The average Bonchev–Trinajstić information content (AvgIpc) is 2.12. The minimum absolute atomic E-state index is 0.0283. The summed E-state index contributed by atoms with van der Waals surface area (Å²) in [5.74, 6) is 0.274. The van der Waals surface area contributed by atoms with Gasteiger partial charge in [0.25, 0.3) is 0 Å². The number of rotatable bonds is 6. The first-order valence-electron chi connectivity index (χ1n) is 5.78. The van der Waals surface area contributed by atoms with E-state index >= 15 is 0 Å². The Bertz CT molecular complexity index is 209. The molecule has 0 heterocycles. The molecule has 1 amide bonds. The highest BCUT2D eigenvalue weighted by Crippen LogP contribution is 2.07. The Morgan fingerprint density at radius 1 is 1.38 bits per heavy atom. The molecule has 0 aliphatic rings. The number of carbonyl (C=O) groups excluding carboxylic acids is 1. The van der Waals surface area contributed by atoms with Gasteiger partial charge in [0.05, 0.1) is 18.2 Å². The molecular formula is C12H25NO3. The van der Waals surface area contributed by atoms with Gasteiger partial charge in [0, 0.05) is 0 Å². The fraction of sp³-hybridized carbons (Fsp3) is 0.917. The van der Waals surface area contributed by atoms with Crippen LogP contribution in [0, 0.1) is 5.92 Å². The summed E-state index contributed by atoms with van der Waals surface area (Å²) in [7, 11) is 0. The number of nitrogens with one attached hydrogen (secondary N) is 1. The summed E-state index contributed by atoms with van der Waals surface area (Å²) in [6.07, 6.45) is 0.776. The van der Waals surface area contributed by atoms with Gasteiger partial charge in [-0.15, -0.1) is 0 Å². The fourth-order valence-corrected chi connectivity index (χ4v) is 1.30. The summed E-state index contributed by atoms with van der Waals surface area (Å²) in [4.78, 5) is 11.5. The van der Waals surface area contributed by atoms with Crippen LogP contribution in [0.2, 0.25) is 0 Å². The van der Waals surface area contributed by atoms with Gasteiger partial charge in [0.1, 0.15) is 6.61 Å². The molecule has 0 aliphatic carbocycles. The molecule has 4 nitrogen and oxygen atoms in total. The van der Waals surface area contributed by atoms with E-state index in [-0.39, 0.29) is 30.8 Å². The molecule has 0 aliphatic heterocycles. The third kappa shape index (κ3) is 8.68. The van der Waals surface area contributed by atoms with Crippen molar-refractivity contribution in [2.45, 2.75) is 52.7 Å². The lowest BCUT2D eigenvalue weighted by Gasteiger charge is -2.22. The van der Waals surface area contributed by atoms with Crippen LogP contribution >= 0.6 is 0 Å². The van der Waals surface area contributed by atoms with E-state index in [4.69, 9.17) is 9.84 Å². The molecule has 2 N–H and O–H groups in total. The van der Waals surface area contributed by atoms with Gasteiger partial charge in [-0.25, -0.2) is 0 Å². The van der Waals surface area contributed by atoms with Crippen LogP contribution in [0.5, 0.6) is 0 Å². The lowest BCUT2D eigenvalue weighted by Crippen LogP contribution is -2.41. The molecular weight excluding hydrogens is 206 g/mol. The Labute approximate surface area is 98.4 Å². The van der Waals surface area contributed by atoms with Crippen LogP contribution in [0.3, 0.4) is 0 Å². The van der Waals surface area contributed by atoms with Crippen molar-refractivity contribution in [3.8, 4) is 0 Å². The summed E-state index contributed by atoms with van der Waals surface area (Å²) in [5, 5.41) is 11.9. The Balaban J connectivity index is 3.92. The van der Waals surface area contributed by atoms with Crippen molar-refractivity contribution in [3.63, 3.8) is 0 Å². The first kappa shape index (κ1) is 15.4. The molecule has 0 aromatic heterocycles. The zero-order valence-corrected chi connectivity index (χ0v) is 11.0. The zero-order valence-electron chi connectivity index (χ0n) is 11.0. The van der Waals surface area contributed by atoms with Gasteiger partial charge in [-0.05, 0) is 33.1 Å². The monoisotopic (exact) mass is 231 g/mol. The highest BCUT2D eigenvalue weighted by Gasteiger charge is 2.16. The maximum absolute atomic E-state index is 11.5. The third-order valence-electron chi connectivity index (χ3n) is 1.98. The first-order valence-corrected chi connectivity index (χ1v) is 5.78. The van der Waals surface area contributed by atoms with Gasteiger partial charge in [0.15, 0.2) is 0 Å². The second-order valence-corrected chi connectivity index (χ2v) is 5.48. The van der Waals surface area contributed by atoms with Gasteiger partial charge in [0.2, 0.25) is 5.91 Å². The van der Waals surface area contributed by atoms with Gasteiger partial charge in [-0.2, -0.15) is 0 Å². The molecule has 0 aromatic carbocycles. The Kier molecular flexibility index (Phi) is 6.60. The topological polar surface area (TPSA) is 58.6 Å². The number of amides is 1. The van der Waals surface area contributed by atoms with Crippen LogP contribution in [0.4, 0.5) is 0 Å². The maximum Gasteiger partial charge on any atom is 0.246 e. The Morgan fingerprint density at radius 3 is 2.31 bits per heavy atom. The highest BCUT2D eigenvalue weighted by atomic mass is 16.5. The minimum atomic E-state index is -0.315. The molecule has 4 heteroatoms. The second kappa shape index (κ2) is 6.86. The third-order valence-corrected chi connectivity index (χ3v) is 1.98. The van der Waals surface area contributed by atoms with E-state index in [0.29, 0.717) is 5.92 Å². The van der Waals surface area contributed by atoms with Crippen LogP contribution in [0.15, 0.2) is 0 Å². The molecule has 1 unspecified atom stereocenters. The van der Waals surface area contributed by atoms with Crippen LogP contribution in [0.1, 0.15) is 41.0 Å². The molecule has 0 bridgehead atoms. The van der Waals surface area contributed by atoms with E-state index in [1.165, 1.54) is 0 Å². The van der Waals surface area contributed by atoms with Crippen molar-refractivity contribution >= 4 is 5.91 Å². The number of ether oxygens (including phenoxy) is 1. The van der Waals surface area contributed by atoms with E-state index < -0.39 is 0 Å². The summed E-state index contributed by atoms with van der Waals surface area (Å²) in [5.41, 5.74) is -0.315. The fourth-order valence-electron chi connectivity index (χ4n) is 1.30. The second-order valence-electron chi connectivity index (χ2n) is 5.48. The Hall–Kier alpha value is -0.610. The largest absolute Gasteiger partial charge is 0.394 e. The smallest absolute Gasteiger partial charge is 0.246 e. The highest BCUT2D eigenvalue weighted by molar-refractivity contribution is 5.77. The van der Waals surface area contributed by atoms with Crippen molar-refractivity contribution < 1.29 is 14.6 Å². The molecule has 0 radical (unpaired) electrons. The molecule has 0 saturated heterocycles. The van der Waals surface area contributed by atoms with Crippen molar-refractivity contribution in [3.05, 3.63) is 0 Å². The van der Waals surface area contributed by atoms with Gasteiger partial charge in [-0.3, -0.25) is 4.79 Å². The minimum Gasteiger partial charge on any atom is -0.394 e. The molecule has 0 rings (SSSR count). The Morgan fingerprint density at radius 2 is 1.94 bits per heavy atom. The van der Waals surface area contributed by atoms with Crippen LogP contribution in [0.25, 0.3) is 0 Å². The van der Waals surface area contributed by atoms with Crippen molar-refractivity contribution in [1.29, 1.82) is 0 Å². The number of carbonyl (C=O) groups is 1. The predicted octanol–water partition coefficient (Wildman–Crippen LogP) is 1.32. The average molecular weight is 231 g/mol. The quantitative estimate of drug-likeness (QED) is 0.725. The first-order chi connectivity index (χ1) is 7.24.